The van der Waals surface area contributed by atoms with Gasteiger partial charge in [0, 0.05) is 32.7 Å². The van der Waals surface area contributed by atoms with Gasteiger partial charge in [0.25, 0.3) is 0 Å². The van der Waals surface area contributed by atoms with Crippen LogP contribution >= 0.6 is 0 Å². The summed E-state index contributed by atoms with van der Waals surface area (Å²) in [5.74, 6) is 0.135. The van der Waals surface area contributed by atoms with Crippen LogP contribution in [0.3, 0.4) is 0 Å². The Kier molecular flexibility index (Phi) is 8.12. The average Bonchev–Trinajstić information content (AvgIpc) is 2.50. The van der Waals surface area contributed by atoms with E-state index in [9.17, 15) is 9.59 Å². The number of likely N-dealkylation sites (N-methyl/N-ethyl adjacent to an activating group) is 1. The monoisotopic (exact) mass is 299 g/mol. The number of carbonyl (C=O) groups is 2. The van der Waals surface area contributed by atoms with Gasteiger partial charge in [-0.2, -0.15) is 0 Å². The van der Waals surface area contributed by atoms with Crippen molar-refractivity contribution in [2.45, 2.75) is 45.6 Å². The van der Waals surface area contributed by atoms with E-state index in [0.717, 1.165) is 32.2 Å². The number of rotatable bonds is 7. The molecule has 1 aliphatic rings. The van der Waals surface area contributed by atoms with Crippen LogP contribution in [0.5, 0.6) is 0 Å². The van der Waals surface area contributed by atoms with E-state index in [-0.39, 0.29) is 12.0 Å². The molecule has 0 aromatic heterocycles. The van der Waals surface area contributed by atoms with Crippen molar-refractivity contribution in [2.24, 2.45) is 0 Å². The smallest absolute Gasteiger partial charge is 0.409 e. The number of piperidine rings is 1. The minimum Gasteiger partial charge on any atom is -0.450 e. The predicted octanol–water partition coefficient (Wildman–Crippen LogP) is 1.46. The lowest BCUT2D eigenvalue weighted by molar-refractivity contribution is -0.129. The van der Waals surface area contributed by atoms with Crippen molar-refractivity contribution in [3.63, 3.8) is 0 Å². The van der Waals surface area contributed by atoms with Gasteiger partial charge in [-0.25, -0.2) is 4.79 Å². The normalized spacial score (nSPS) is 15.9. The number of hydrogen-bond donors (Lipinski definition) is 1. The molecule has 0 aromatic carbocycles. The third-order valence-corrected chi connectivity index (χ3v) is 3.84. The molecule has 1 saturated heterocycles. The first kappa shape index (κ1) is 17.8. The van der Waals surface area contributed by atoms with Crippen molar-refractivity contribution in [3.8, 4) is 0 Å². The predicted molar refractivity (Wildman–Crippen MR) is 82.2 cm³/mol. The van der Waals surface area contributed by atoms with Gasteiger partial charge in [0.2, 0.25) is 5.91 Å². The zero-order chi connectivity index (χ0) is 15.7. The molecule has 0 radical (unpaired) electrons. The quantitative estimate of drug-likeness (QED) is 0.773. The van der Waals surface area contributed by atoms with Gasteiger partial charge in [-0.3, -0.25) is 4.79 Å². The first-order valence-electron chi connectivity index (χ1n) is 7.97. The Hall–Kier alpha value is -1.30. The number of nitrogens with zero attached hydrogens (tertiary/aromatic N) is 2. The van der Waals surface area contributed by atoms with E-state index < -0.39 is 0 Å². The highest BCUT2D eigenvalue weighted by Crippen LogP contribution is 2.11. The number of hydrogen-bond acceptors (Lipinski definition) is 4. The second-order valence-corrected chi connectivity index (χ2v) is 5.51. The van der Waals surface area contributed by atoms with E-state index in [2.05, 4.69) is 12.2 Å². The summed E-state index contributed by atoms with van der Waals surface area (Å²) in [6, 6.07) is 0.305. The lowest BCUT2D eigenvalue weighted by atomic mass is 10.1. The molecule has 0 atom stereocenters. The number of unbranched alkanes of at least 4 members (excludes halogenated alkanes) is 1. The first-order chi connectivity index (χ1) is 10.1. The van der Waals surface area contributed by atoms with Crippen molar-refractivity contribution in [3.05, 3.63) is 0 Å². The summed E-state index contributed by atoms with van der Waals surface area (Å²) >= 11 is 0. The summed E-state index contributed by atoms with van der Waals surface area (Å²) in [5.41, 5.74) is 0. The fourth-order valence-electron chi connectivity index (χ4n) is 2.37. The van der Waals surface area contributed by atoms with Crippen molar-refractivity contribution in [1.82, 2.24) is 15.1 Å². The van der Waals surface area contributed by atoms with Gasteiger partial charge in [0.1, 0.15) is 0 Å². The molecule has 21 heavy (non-hydrogen) atoms. The lowest BCUT2D eigenvalue weighted by Crippen LogP contribution is -2.47. The fourth-order valence-corrected chi connectivity index (χ4v) is 2.37. The maximum atomic E-state index is 11.9. The van der Waals surface area contributed by atoms with Gasteiger partial charge in [-0.05, 0) is 26.2 Å². The molecule has 1 aliphatic heterocycles. The second kappa shape index (κ2) is 9.60. The molecule has 0 unspecified atom stereocenters. The number of nitrogens with one attached hydrogen (secondary N) is 1. The molecule has 0 spiro atoms. The number of carbonyl (C=O) groups excluding carboxylic acids is 2. The van der Waals surface area contributed by atoms with Crippen LogP contribution in [0.1, 0.15) is 39.5 Å². The second-order valence-electron chi connectivity index (χ2n) is 5.51. The maximum absolute atomic E-state index is 11.9. The van der Waals surface area contributed by atoms with Gasteiger partial charge < -0.3 is 19.9 Å². The molecule has 122 valence electrons. The number of ether oxygens (including phenoxy) is 1. The van der Waals surface area contributed by atoms with Gasteiger partial charge in [-0.1, -0.05) is 13.3 Å². The van der Waals surface area contributed by atoms with Crippen LogP contribution in [0.15, 0.2) is 0 Å². The standard InChI is InChI=1S/C15H29N3O3/c1-4-6-9-17(3)14(19)12-16-13-7-10-18(11-8-13)15(20)21-5-2/h13,16H,4-12H2,1-3H3. The molecule has 2 amide bonds. The van der Waals surface area contributed by atoms with E-state index in [1.807, 2.05) is 14.0 Å². The Bertz CT molecular complexity index is 328. The number of amides is 2. The average molecular weight is 299 g/mol. The van der Waals surface area contributed by atoms with E-state index in [1.165, 1.54) is 0 Å². The highest BCUT2D eigenvalue weighted by Gasteiger charge is 2.23. The van der Waals surface area contributed by atoms with Gasteiger partial charge in [0.15, 0.2) is 0 Å². The van der Waals surface area contributed by atoms with Crippen LogP contribution < -0.4 is 5.32 Å². The summed E-state index contributed by atoms with van der Waals surface area (Å²) in [6.45, 7) is 6.92. The Balaban J connectivity index is 2.21. The van der Waals surface area contributed by atoms with Crippen LogP contribution in [-0.4, -0.2) is 67.7 Å². The third-order valence-electron chi connectivity index (χ3n) is 3.84. The van der Waals surface area contributed by atoms with E-state index in [1.54, 1.807) is 9.80 Å². The van der Waals surface area contributed by atoms with E-state index in [0.29, 0.717) is 32.3 Å². The largest absolute Gasteiger partial charge is 0.450 e. The summed E-state index contributed by atoms with van der Waals surface area (Å²) in [6.07, 6.45) is 3.64. The Morgan fingerprint density at radius 2 is 1.95 bits per heavy atom. The molecule has 1 fully saturated rings. The summed E-state index contributed by atoms with van der Waals surface area (Å²) in [5, 5.41) is 3.30. The zero-order valence-corrected chi connectivity index (χ0v) is 13.6. The molecule has 1 heterocycles. The highest BCUT2D eigenvalue weighted by molar-refractivity contribution is 5.78. The fraction of sp³-hybridized carbons (Fsp3) is 0.867. The third kappa shape index (κ3) is 6.33. The minimum atomic E-state index is -0.230. The van der Waals surface area contributed by atoms with Crippen molar-refractivity contribution in [2.75, 3.05) is 39.8 Å². The van der Waals surface area contributed by atoms with E-state index in [4.69, 9.17) is 4.74 Å². The molecule has 0 aliphatic carbocycles. The minimum absolute atomic E-state index is 0.135. The molecule has 0 saturated carbocycles. The van der Waals surface area contributed by atoms with E-state index >= 15 is 0 Å². The van der Waals surface area contributed by atoms with Gasteiger partial charge >= 0.3 is 6.09 Å². The summed E-state index contributed by atoms with van der Waals surface area (Å²) in [4.78, 5) is 27.0. The van der Waals surface area contributed by atoms with Crippen molar-refractivity contribution < 1.29 is 14.3 Å². The summed E-state index contributed by atoms with van der Waals surface area (Å²) in [7, 11) is 1.85. The Morgan fingerprint density at radius 1 is 1.29 bits per heavy atom. The van der Waals surface area contributed by atoms with Gasteiger partial charge in [0.05, 0.1) is 13.2 Å². The van der Waals surface area contributed by atoms with Crippen LogP contribution in [0, 0.1) is 0 Å². The SMILES string of the molecule is CCCCN(C)C(=O)CNC1CCN(C(=O)OCC)CC1. The molecular formula is C15H29N3O3. The highest BCUT2D eigenvalue weighted by atomic mass is 16.6. The molecule has 6 nitrogen and oxygen atoms in total. The summed E-state index contributed by atoms with van der Waals surface area (Å²) < 4.78 is 4.99. The van der Waals surface area contributed by atoms with Crippen LogP contribution in [-0.2, 0) is 9.53 Å². The van der Waals surface area contributed by atoms with Crippen LogP contribution in [0.4, 0.5) is 4.79 Å². The van der Waals surface area contributed by atoms with Crippen LogP contribution in [0.2, 0.25) is 0 Å². The van der Waals surface area contributed by atoms with Crippen molar-refractivity contribution in [1.29, 1.82) is 0 Å². The molecule has 0 bridgehead atoms. The van der Waals surface area contributed by atoms with Gasteiger partial charge in [-0.15, -0.1) is 0 Å². The molecular weight excluding hydrogens is 270 g/mol. The molecule has 6 heteroatoms. The topological polar surface area (TPSA) is 61.9 Å². The number of likely N-dealkylation sites (tertiary alicyclic amines) is 1. The first-order valence-corrected chi connectivity index (χ1v) is 7.97. The molecule has 0 aromatic rings. The lowest BCUT2D eigenvalue weighted by Gasteiger charge is -2.32. The molecule has 1 rings (SSSR count). The zero-order valence-electron chi connectivity index (χ0n) is 13.6. The maximum Gasteiger partial charge on any atom is 0.409 e. The van der Waals surface area contributed by atoms with Crippen LogP contribution in [0.25, 0.3) is 0 Å². The Labute approximate surface area is 127 Å². The van der Waals surface area contributed by atoms with Crippen molar-refractivity contribution >= 4 is 12.0 Å². The Morgan fingerprint density at radius 3 is 2.52 bits per heavy atom. The molecule has 1 N–H and O–H groups in total.